The van der Waals surface area contributed by atoms with E-state index in [1.54, 1.807) is 36.4 Å². The molecule has 0 amide bonds. The fourth-order valence-electron chi connectivity index (χ4n) is 3.44. The van der Waals surface area contributed by atoms with Crippen molar-refractivity contribution in [2.45, 2.75) is 20.8 Å². The maximum absolute atomic E-state index is 13.0. The van der Waals surface area contributed by atoms with E-state index in [1.165, 1.54) is 18.2 Å². The second kappa shape index (κ2) is 11.4. The number of Topliss-reactive ketones (excluding diaryl/α,β-unsaturated/α-hetero) is 1. The number of carbonyl (C=O) groups excluding carboxylic acids is 3. The molecule has 0 aliphatic heterocycles. The van der Waals surface area contributed by atoms with Gasteiger partial charge in [-0.1, -0.05) is 53.1 Å². The highest BCUT2D eigenvalue weighted by atomic mass is 16.5. The van der Waals surface area contributed by atoms with E-state index in [9.17, 15) is 14.4 Å². The summed E-state index contributed by atoms with van der Waals surface area (Å²) in [6.07, 6.45) is 0. The van der Waals surface area contributed by atoms with Crippen LogP contribution in [0.2, 0.25) is 0 Å². The van der Waals surface area contributed by atoms with Gasteiger partial charge >= 0.3 is 11.9 Å². The summed E-state index contributed by atoms with van der Waals surface area (Å²) in [4.78, 5) is 38.9. The standard InChI is InChI=1S/C31H26O6/c1-20-4-10-26(11-5-20)35-19-29(32)23-16-24(30(33)36-27-12-6-21(2)7-13-27)18-25(17-23)31(34)37-28-14-8-22(3)9-15-28/h4-18H,19H2,1-3H3. The molecule has 0 saturated heterocycles. The summed E-state index contributed by atoms with van der Waals surface area (Å²) in [7, 11) is 0. The van der Waals surface area contributed by atoms with Crippen molar-refractivity contribution in [3.8, 4) is 17.2 Å². The molecule has 0 bridgehead atoms. The summed E-state index contributed by atoms with van der Waals surface area (Å²) >= 11 is 0. The quantitative estimate of drug-likeness (QED) is 0.162. The van der Waals surface area contributed by atoms with Gasteiger partial charge < -0.3 is 14.2 Å². The predicted molar refractivity (Wildman–Crippen MR) is 140 cm³/mol. The van der Waals surface area contributed by atoms with Gasteiger partial charge in [0.15, 0.2) is 12.4 Å². The lowest BCUT2D eigenvalue weighted by Gasteiger charge is -2.11. The third kappa shape index (κ3) is 6.92. The Morgan fingerprint density at radius 3 is 1.27 bits per heavy atom. The maximum atomic E-state index is 13.0. The van der Waals surface area contributed by atoms with Crippen LogP contribution < -0.4 is 14.2 Å². The average molecular weight is 495 g/mol. The molecule has 0 radical (unpaired) electrons. The monoisotopic (exact) mass is 494 g/mol. The molecule has 37 heavy (non-hydrogen) atoms. The molecule has 0 aliphatic carbocycles. The first kappa shape index (κ1) is 25.4. The SMILES string of the molecule is Cc1ccc(OCC(=O)c2cc(C(=O)Oc3ccc(C)cc3)cc(C(=O)Oc3ccc(C)cc3)c2)cc1. The first-order chi connectivity index (χ1) is 17.8. The molecular formula is C31H26O6. The van der Waals surface area contributed by atoms with Gasteiger partial charge in [0.25, 0.3) is 0 Å². The van der Waals surface area contributed by atoms with Crippen molar-refractivity contribution < 1.29 is 28.6 Å². The Bertz CT molecular complexity index is 1340. The normalized spacial score (nSPS) is 10.5. The fourth-order valence-corrected chi connectivity index (χ4v) is 3.44. The van der Waals surface area contributed by atoms with Gasteiger partial charge in [-0.05, 0) is 75.4 Å². The van der Waals surface area contributed by atoms with E-state index in [0.29, 0.717) is 17.2 Å². The smallest absolute Gasteiger partial charge is 0.343 e. The Balaban J connectivity index is 1.59. The molecular weight excluding hydrogens is 468 g/mol. The van der Waals surface area contributed by atoms with Crippen molar-refractivity contribution in [1.29, 1.82) is 0 Å². The van der Waals surface area contributed by atoms with E-state index in [2.05, 4.69) is 0 Å². The van der Waals surface area contributed by atoms with Crippen LogP contribution in [0.3, 0.4) is 0 Å². The molecule has 0 N–H and O–H groups in total. The summed E-state index contributed by atoms with van der Waals surface area (Å²) in [5.41, 5.74) is 3.30. The van der Waals surface area contributed by atoms with Crippen molar-refractivity contribution >= 4 is 17.7 Å². The molecule has 0 aliphatic rings. The van der Waals surface area contributed by atoms with Crippen LogP contribution in [0.25, 0.3) is 0 Å². The van der Waals surface area contributed by atoms with Crippen molar-refractivity contribution in [3.05, 3.63) is 124 Å². The molecule has 0 unspecified atom stereocenters. The Kier molecular flexibility index (Phi) is 7.79. The number of hydrogen-bond acceptors (Lipinski definition) is 6. The second-order valence-electron chi connectivity index (χ2n) is 8.73. The number of hydrogen-bond donors (Lipinski definition) is 0. The molecule has 0 fully saturated rings. The summed E-state index contributed by atoms with van der Waals surface area (Å²) in [5, 5.41) is 0. The summed E-state index contributed by atoms with van der Waals surface area (Å²) in [5.74, 6) is -0.592. The largest absolute Gasteiger partial charge is 0.485 e. The summed E-state index contributed by atoms with van der Waals surface area (Å²) in [6.45, 7) is 5.52. The molecule has 6 nitrogen and oxygen atoms in total. The van der Waals surface area contributed by atoms with Crippen LogP contribution in [-0.4, -0.2) is 24.3 Å². The van der Waals surface area contributed by atoms with Gasteiger partial charge in [0.2, 0.25) is 0 Å². The lowest BCUT2D eigenvalue weighted by atomic mass is 10.0. The van der Waals surface area contributed by atoms with E-state index in [-0.39, 0.29) is 23.3 Å². The van der Waals surface area contributed by atoms with Crippen LogP contribution in [0.4, 0.5) is 0 Å². The van der Waals surface area contributed by atoms with Crippen LogP contribution in [0.15, 0.2) is 91.0 Å². The lowest BCUT2D eigenvalue weighted by Crippen LogP contribution is -2.17. The van der Waals surface area contributed by atoms with Gasteiger partial charge in [-0.2, -0.15) is 0 Å². The zero-order valence-corrected chi connectivity index (χ0v) is 20.8. The lowest BCUT2D eigenvalue weighted by molar-refractivity contribution is 0.0734. The van der Waals surface area contributed by atoms with E-state index in [1.807, 2.05) is 57.2 Å². The number of benzene rings is 4. The minimum absolute atomic E-state index is 0.0395. The number of ketones is 1. The molecule has 4 aromatic rings. The first-order valence-electron chi connectivity index (χ1n) is 11.7. The van der Waals surface area contributed by atoms with Gasteiger partial charge in [-0.15, -0.1) is 0 Å². The van der Waals surface area contributed by atoms with Crippen LogP contribution in [-0.2, 0) is 0 Å². The highest BCUT2D eigenvalue weighted by Gasteiger charge is 2.19. The van der Waals surface area contributed by atoms with E-state index >= 15 is 0 Å². The first-order valence-corrected chi connectivity index (χ1v) is 11.7. The van der Waals surface area contributed by atoms with Gasteiger partial charge in [-0.3, -0.25) is 4.79 Å². The van der Waals surface area contributed by atoms with Gasteiger partial charge in [0, 0.05) is 5.56 Å². The topological polar surface area (TPSA) is 78.9 Å². The van der Waals surface area contributed by atoms with Crippen molar-refractivity contribution in [3.63, 3.8) is 0 Å². The number of esters is 2. The minimum Gasteiger partial charge on any atom is -0.485 e. The molecule has 4 aromatic carbocycles. The van der Waals surface area contributed by atoms with E-state index in [4.69, 9.17) is 14.2 Å². The number of carbonyl (C=O) groups is 3. The fraction of sp³-hybridized carbons (Fsp3) is 0.129. The molecule has 0 spiro atoms. The zero-order valence-electron chi connectivity index (χ0n) is 20.8. The zero-order chi connectivity index (χ0) is 26.4. The number of aryl methyl sites for hydroxylation is 3. The molecule has 0 saturated carbocycles. The minimum atomic E-state index is -0.706. The maximum Gasteiger partial charge on any atom is 0.343 e. The highest BCUT2D eigenvalue weighted by Crippen LogP contribution is 2.20. The van der Waals surface area contributed by atoms with E-state index < -0.39 is 17.7 Å². The van der Waals surface area contributed by atoms with Gasteiger partial charge in [0.1, 0.15) is 17.2 Å². The number of ether oxygens (including phenoxy) is 3. The summed E-state index contributed by atoms with van der Waals surface area (Å²) < 4.78 is 16.5. The van der Waals surface area contributed by atoms with Crippen LogP contribution >= 0.6 is 0 Å². The predicted octanol–water partition coefficient (Wildman–Crippen LogP) is 6.31. The van der Waals surface area contributed by atoms with Crippen molar-refractivity contribution in [1.82, 2.24) is 0 Å². The molecule has 6 heteroatoms. The highest BCUT2D eigenvalue weighted by molar-refractivity contribution is 6.04. The Labute approximate surface area is 215 Å². The molecule has 0 aromatic heterocycles. The van der Waals surface area contributed by atoms with Crippen LogP contribution in [0.5, 0.6) is 17.2 Å². The third-order valence-corrected chi connectivity index (χ3v) is 5.58. The summed E-state index contributed by atoms with van der Waals surface area (Å²) in [6, 6.07) is 25.4. The molecule has 186 valence electrons. The Morgan fingerprint density at radius 1 is 0.514 bits per heavy atom. The average Bonchev–Trinajstić information content (AvgIpc) is 2.90. The Morgan fingerprint density at radius 2 is 0.865 bits per heavy atom. The molecule has 0 heterocycles. The van der Waals surface area contributed by atoms with Gasteiger partial charge in [-0.25, -0.2) is 9.59 Å². The van der Waals surface area contributed by atoms with Gasteiger partial charge in [0.05, 0.1) is 11.1 Å². The third-order valence-electron chi connectivity index (χ3n) is 5.58. The number of rotatable bonds is 8. The molecule has 0 atom stereocenters. The van der Waals surface area contributed by atoms with Crippen LogP contribution in [0.1, 0.15) is 47.8 Å². The van der Waals surface area contributed by atoms with Crippen molar-refractivity contribution in [2.75, 3.05) is 6.61 Å². The van der Waals surface area contributed by atoms with Crippen molar-refractivity contribution in [2.24, 2.45) is 0 Å². The van der Waals surface area contributed by atoms with Crippen LogP contribution in [0, 0.1) is 20.8 Å². The Hall–Kier alpha value is -4.71. The molecule has 4 rings (SSSR count). The van der Waals surface area contributed by atoms with E-state index in [0.717, 1.165) is 16.7 Å². The second-order valence-corrected chi connectivity index (χ2v) is 8.73.